The maximum atomic E-state index is 12.5. The van der Waals surface area contributed by atoms with Gasteiger partial charge in [0.2, 0.25) is 0 Å². The number of carbonyl (C=O) groups is 1. The predicted molar refractivity (Wildman–Crippen MR) is 89.2 cm³/mol. The third-order valence-corrected chi connectivity index (χ3v) is 7.10. The number of nitrogens with one attached hydrogen (secondary N) is 2. The van der Waals surface area contributed by atoms with Crippen LogP contribution in [0, 0.1) is 0 Å². The zero-order chi connectivity index (χ0) is 16.3. The summed E-state index contributed by atoms with van der Waals surface area (Å²) in [6.07, 6.45) is 5.51. The third-order valence-electron chi connectivity index (χ3n) is 4.82. The van der Waals surface area contributed by atoms with Crippen molar-refractivity contribution < 1.29 is 13.2 Å². The molecule has 1 unspecified atom stereocenters. The number of hydrogen-bond acceptors (Lipinski definition) is 4. The van der Waals surface area contributed by atoms with E-state index in [2.05, 4.69) is 10.6 Å². The second-order valence-electron chi connectivity index (χ2n) is 6.49. The normalized spacial score (nSPS) is 22.9. The third kappa shape index (κ3) is 3.75. The van der Waals surface area contributed by atoms with Crippen molar-refractivity contribution in [1.82, 2.24) is 10.6 Å². The van der Waals surface area contributed by atoms with Crippen molar-refractivity contribution in [2.24, 2.45) is 0 Å². The quantitative estimate of drug-likeness (QED) is 0.880. The number of amides is 1. The van der Waals surface area contributed by atoms with Gasteiger partial charge in [0.25, 0.3) is 5.91 Å². The molecule has 5 nitrogen and oxygen atoms in total. The van der Waals surface area contributed by atoms with E-state index in [0.29, 0.717) is 10.5 Å². The van der Waals surface area contributed by atoms with E-state index in [1.165, 1.54) is 0 Å². The number of hydrogen-bond donors (Lipinski definition) is 2. The van der Waals surface area contributed by atoms with Gasteiger partial charge in [0.1, 0.15) is 0 Å². The van der Waals surface area contributed by atoms with Gasteiger partial charge in [-0.15, -0.1) is 0 Å². The fraction of sp³-hybridized carbons (Fsp3) is 0.588. The zero-order valence-electron chi connectivity index (χ0n) is 13.3. The molecule has 1 saturated carbocycles. The molecule has 1 amide bonds. The van der Waals surface area contributed by atoms with Gasteiger partial charge in [0.05, 0.1) is 10.1 Å². The molecule has 0 radical (unpaired) electrons. The van der Waals surface area contributed by atoms with Crippen LogP contribution >= 0.6 is 0 Å². The minimum absolute atomic E-state index is 0.136. The van der Waals surface area contributed by atoms with Crippen molar-refractivity contribution in [1.29, 1.82) is 0 Å². The lowest BCUT2D eigenvalue weighted by Crippen LogP contribution is -2.45. The second-order valence-corrected chi connectivity index (χ2v) is 8.72. The lowest BCUT2D eigenvalue weighted by atomic mass is 10.1. The van der Waals surface area contributed by atoms with Gasteiger partial charge in [-0.25, -0.2) is 8.42 Å². The highest BCUT2D eigenvalue weighted by molar-refractivity contribution is 7.92. The molecule has 1 aromatic rings. The highest BCUT2D eigenvalue weighted by Gasteiger charge is 2.30. The predicted octanol–water partition coefficient (Wildman–Crippen LogP) is 1.88. The van der Waals surface area contributed by atoms with Crippen LogP contribution in [-0.2, 0) is 9.84 Å². The number of piperidine rings is 1. The van der Waals surface area contributed by atoms with Crippen LogP contribution in [-0.4, -0.2) is 38.7 Å². The van der Waals surface area contributed by atoms with Crippen molar-refractivity contribution in [3.05, 3.63) is 29.8 Å². The molecule has 0 spiro atoms. The Bertz CT molecular complexity index is 643. The molecule has 2 fully saturated rings. The van der Waals surface area contributed by atoms with E-state index in [0.717, 1.165) is 51.6 Å². The first kappa shape index (κ1) is 16.5. The molecule has 3 rings (SSSR count). The summed E-state index contributed by atoms with van der Waals surface area (Å²) >= 11 is 0. The smallest absolute Gasteiger partial charge is 0.251 e. The second kappa shape index (κ2) is 7.01. The van der Waals surface area contributed by atoms with E-state index in [9.17, 15) is 13.2 Å². The van der Waals surface area contributed by atoms with Crippen LogP contribution in [0.15, 0.2) is 29.2 Å². The van der Waals surface area contributed by atoms with Gasteiger partial charge in [0, 0.05) is 18.2 Å². The monoisotopic (exact) mass is 336 g/mol. The summed E-state index contributed by atoms with van der Waals surface area (Å²) in [7, 11) is -3.25. The molecule has 2 aliphatic rings. The van der Waals surface area contributed by atoms with Crippen molar-refractivity contribution in [3.8, 4) is 0 Å². The molecule has 1 atom stereocenters. The minimum atomic E-state index is -3.25. The Morgan fingerprint density at radius 2 is 1.74 bits per heavy atom. The summed E-state index contributed by atoms with van der Waals surface area (Å²) in [5.74, 6) is -0.136. The average Bonchev–Trinajstić information content (AvgIpc) is 3.11. The van der Waals surface area contributed by atoms with Crippen LogP contribution in [0.4, 0.5) is 0 Å². The average molecular weight is 336 g/mol. The number of benzene rings is 1. The van der Waals surface area contributed by atoms with Crippen molar-refractivity contribution >= 4 is 15.7 Å². The molecule has 23 heavy (non-hydrogen) atoms. The van der Waals surface area contributed by atoms with E-state index < -0.39 is 9.84 Å². The molecular weight excluding hydrogens is 312 g/mol. The fourth-order valence-electron chi connectivity index (χ4n) is 3.43. The van der Waals surface area contributed by atoms with Crippen molar-refractivity contribution in [2.45, 2.75) is 54.7 Å². The van der Waals surface area contributed by atoms with Crippen LogP contribution < -0.4 is 10.6 Å². The Balaban J connectivity index is 1.67. The standard InChI is InChI=1S/C17H24N2O3S/c20-17(19-14-4-3-11-18-12-14)13-7-9-16(10-8-13)23(21,22)15-5-1-2-6-15/h7-10,14-15,18H,1-6,11-12H2,(H,19,20). The summed E-state index contributed by atoms with van der Waals surface area (Å²) in [6.45, 7) is 1.79. The molecule has 1 aliphatic carbocycles. The van der Waals surface area contributed by atoms with E-state index in [-0.39, 0.29) is 17.2 Å². The van der Waals surface area contributed by atoms with Crippen LogP contribution in [0.1, 0.15) is 48.9 Å². The highest BCUT2D eigenvalue weighted by Crippen LogP contribution is 2.29. The molecule has 2 N–H and O–H groups in total. The van der Waals surface area contributed by atoms with Gasteiger partial charge in [-0.2, -0.15) is 0 Å². The molecule has 1 aliphatic heterocycles. The molecule has 1 aromatic carbocycles. The number of sulfone groups is 1. The Kier molecular flexibility index (Phi) is 5.02. The van der Waals surface area contributed by atoms with E-state index in [1.54, 1.807) is 24.3 Å². The van der Waals surface area contributed by atoms with Crippen molar-refractivity contribution in [3.63, 3.8) is 0 Å². The molecule has 0 aromatic heterocycles. The topological polar surface area (TPSA) is 75.3 Å². The van der Waals surface area contributed by atoms with Gasteiger partial charge in [-0.05, 0) is 56.5 Å². The Morgan fingerprint density at radius 1 is 1.04 bits per heavy atom. The number of carbonyl (C=O) groups excluding carboxylic acids is 1. The number of rotatable bonds is 4. The molecule has 126 valence electrons. The van der Waals surface area contributed by atoms with E-state index in [1.807, 2.05) is 0 Å². The minimum Gasteiger partial charge on any atom is -0.348 e. The molecule has 0 bridgehead atoms. The SMILES string of the molecule is O=C(NC1CCCNC1)c1ccc(S(=O)(=O)C2CCCC2)cc1. The van der Waals surface area contributed by atoms with Gasteiger partial charge in [-0.3, -0.25) is 4.79 Å². The Morgan fingerprint density at radius 3 is 2.35 bits per heavy atom. The lowest BCUT2D eigenvalue weighted by molar-refractivity contribution is 0.0930. The summed E-state index contributed by atoms with van der Waals surface area (Å²) in [4.78, 5) is 12.6. The van der Waals surface area contributed by atoms with Gasteiger partial charge in [-0.1, -0.05) is 12.8 Å². The summed E-state index contributed by atoms with van der Waals surface area (Å²) in [6, 6.07) is 6.53. The zero-order valence-corrected chi connectivity index (χ0v) is 14.1. The van der Waals surface area contributed by atoms with Crippen LogP contribution in [0.25, 0.3) is 0 Å². The Labute approximate surface area is 137 Å². The maximum Gasteiger partial charge on any atom is 0.251 e. The molecular formula is C17H24N2O3S. The maximum absolute atomic E-state index is 12.5. The molecule has 1 heterocycles. The highest BCUT2D eigenvalue weighted by atomic mass is 32.2. The largest absolute Gasteiger partial charge is 0.348 e. The Hall–Kier alpha value is -1.40. The van der Waals surface area contributed by atoms with E-state index in [4.69, 9.17) is 0 Å². The van der Waals surface area contributed by atoms with Crippen LogP contribution in [0.5, 0.6) is 0 Å². The van der Waals surface area contributed by atoms with E-state index >= 15 is 0 Å². The summed E-state index contributed by atoms with van der Waals surface area (Å²) < 4.78 is 25.0. The molecule has 1 saturated heterocycles. The van der Waals surface area contributed by atoms with Crippen LogP contribution in [0.2, 0.25) is 0 Å². The molecule has 6 heteroatoms. The fourth-order valence-corrected chi connectivity index (χ4v) is 5.29. The van der Waals surface area contributed by atoms with Gasteiger partial charge < -0.3 is 10.6 Å². The van der Waals surface area contributed by atoms with Gasteiger partial charge in [0.15, 0.2) is 9.84 Å². The first-order valence-electron chi connectivity index (χ1n) is 8.43. The van der Waals surface area contributed by atoms with Crippen LogP contribution in [0.3, 0.4) is 0 Å². The van der Waals surface area contributed by atoms with Crippen molar-refractivity contribution in [2.75, 3.05) is 13.1 Å². The summed E-state index contributed by atoms with van der Waals surface area (Å²) in [5.41, 5.74) is 0.515. The first-order valence-corrected chi connectivity index (χ1v) is 9.97. The first-order chi connectivity index (χ1) is 11.1. The van der Waals surface area contributed by atoms with Gasteiger partial charge >= 0.3 is 0 Å². The summed E-state index contributed by atoms with van der Waals surface area (Å²) in [5, 5.41) is 6.00. The lowest BCUT2D eigenvalue weighted by Gasteiger charge is -2.23.